The summed E-state index contributed by atoms with van der Waals surface area (Å²) in [4.78, 5) is 30.0. The Kier molecular flexibility index (Phi) is 9.10. The first kappa shape index (κ1) is 27.4. The third-order valence-electron chi connectivity index (χ3n) is 4.88. The minimum absolute atomic E-state index is 0.0952. The Labute approximate surface area is 246 Å². The second kappa shape index (κ2) is 12.3. The Bertz CT molecular complexity index is 1520. The van der Waals surface area contributed by atoms with E-state index in [9.17, 15) is 9.59 Å². The molecule has 0 aliphatic heterocycles. The molecule has 5 nitrogen and oxygen atoms in total. The quantitative estimate of drug-likeness (QED) is 0.0880. The van der Waals surface area contributed by atoms with Crippen molar-refractivity contribution < 1.29 is 19.1 Å². The number of esters is 2. The fraction of sp³-hybridized carbons (Fsp3) is 0. The zero-order valence-corrected chi connectivity index (χ0v) is 23.7. The van der Waals surface area contributed by atoms with Crippen LogP contribution in [0.4, 0.5) is 5.69 Å². The molecule has 0 spiro atoms. The van der Waals surface area contributed by atoms with Crippen LogP contribution in [-0.2, 0) is 0 Å². The van der Waals surface area contributed by atoms with E-state index in [2.05, 4.69) is 27.6 Å². The van der Waals surface area contributed by atoms with E-state index in [0.717, 1.165) is 3.57 Å². The molecule has 0 amide bonds. The van der Waals surface area contributed by atoms with E-state index in [0.29, 0.717) is 21.3 Å². The lowest BCUT2D eigenvalue weighted by atomic mass is 10.2. The molecule has 0 bridgehead atoms. The number of ether oxygens (including phenoxy) is 2. The van der Waals surface area contributed by atoms with E-state index >= 15 is 0 Å². The fourth-order valence-electron chi connectivity index (χ4n) is 3.07. The molecule has 0 atom stereocenters. The van der Waals surface area contributed by atoms with Gasteiger partial charge >= 0.3 is 11.9 Å². The second-order valence-corrected chi connectivity index (χ2v) is 10.4. The highest BCUT2D eigenvalue weighted by Gasteiger charge is 2.18. The summed E-state index contributed by atoms with van der Waals surface area (Å²) in [7, 11) is 0. The zero-order valence-electron chi connectivity index (χ0n) is 18.6. The summed E-state index contributed by atoms with van der Waals surface area (Å²) in [5.41, 5.74) is 1.40. The van der Waals surface area contributed by atoms with Gasteiger partial charge in [0.05, 0.1) is 26.9 Å². The topological polar surface area (TPSA) is 65.0 Å². The maximum Gasteiger partial charge on any atom is 0.345 e. The number of aliphatic imine (C=N–C) groups is 1. The first-order valence-electron chi connectivity index (χ1n) is 10.5. The van der Waals surface area contributed by atoms with Gasteiger partial charge < -0.3 is 9.47 Å². The van der Waals surface area contributed by atoms with Gasteiger partial charge in [-0.2, -0.15) is 0 Å². The van der Waals surface area contributed by atoms with Crippen LogP contribution in [0.2, 0.25) is 20.1 Å². The predicted octanol–water partition coefficient (Wildman–Crippen LogP) is 9.09. The zero-order chi connectivity index (χ0) is 26.5. The number of hydrogen-bond acceptors (Lipinski definition) is 5. The van der Waals surface area contributed by atoms with Crippen molar-refractivity contribution in [3.05, 3.63) is 119 Å². The van der Waals surface area contributed by atoms with Crippen molar-refractivity contribution in [1.82, 2.24) is 0 Å². The number of rotatable bonds is 6. The minimum atomic E-state index is -0.727. The van der Waals surface area contributed by atoms with Crippen molar-refractivity contribution in [3.8, 4) is 11.5 Å². The van der Waals surface area contributed by atoms with E-state index in [4.69, 9.17) is 55.9 Å². The monoisotopic (exact) mass is 683 g/mol. The van der Waals surface area contributed by atoms with Crippen LogP contribution in [0.5, 0.6) is 11.5 Å². The molecular weight excluding hydrogens is 671 g/mol. The molecule has 0 aliphatic carbocycles. The van der Waals surface area contributed by atoms with E-state index in [1.54, 1.807) is 12.1 Å². The van der Waals surface area contributed by atoms with Crippen molar-refractivity contribution in [1.29, 1.82) is 0 Å². The van der Waals surface area contributed by atoms with Crippen LogP contribution < -0.4 is 9.47 Å². The standard InChI is InChI=1S/C27H14Cl4INO4/c28-16-2-9-21(23(30)11-16)26(34)36-20-8-1-15(14-33-19-6-4-18(32)5-7-19)25(13-20)37-27(35)22-10-3-17(29)12-24(22)31/h1-14H. The van der Waals surface area contributed by atoms with Gasteiger partial charge in [0.1, 0.15) is 11.5 Å². The van der Waals surface area contributed by atoms with Gasteiger partial charge in [0.15, 0.2) is 0 Å². The van der Waals surface area contributed by atoms with E-state index in [1.165, 1.54) is 48.7 Å². The largest absolute Gasteiger partial charge is 0.423 e. The molecule has 0 N–H and O–H groups in total. The fourth-order valence-corrected chi connectivity index (χ4v) is 4.40. The molecule has 0 aliphatic rings. The normalized spacial score (nSPS) is 10.9. The molecule has 0 aromatic heterocycles. The first-order valence-corrected chi connectivity index (χ1v) is 13.1. The summed E-state index contributed by atoms with van der Waals surface area (Å²) in [6, 6.07) is 20.9. The third kappa shape index (κ3) is 7.24. The van der Waals surface area contributed by atoms with Crippen LogP contribution in [0.3, 0.4) is 0 Å². The SMILES string of the molecule is O=C(Oc1ccc(C=Nc2ccc(I)cc2)c(OC(=O)c2ccc(Cl)cc2Cl)c1)c1ccc(Cl)cc1Cl. The van der Waals surface area contributed by atoms with Crippen molar-refractivity contribution in [2.75, 3.05) is 0 Å². The number of hydrogen-bond donors (Lipinski definition) is 0. The van der Waals surface area contributed by atoms with Crippen molar-refractivity contribution in [3.63, 3.8) is 0 Å². The van der Waals surface area contributed by atoms with Crippen molar-refractivity contribution in [2.24, 2.45) is 4.99 Å². The summed E-state index contributed by atoms with van der Waals surface area (Å²) >= 11 is 26.3. The summed E-state index contributed by atoms with van der Waals surface area (Å²) in [5.74, 6) is -1.22. The van der Waals surface area contributed by atoms with Gasteiger partial charge in [0.25, 0.3) is 0 Å². The summed E-state index contributed by atoms with van der Waals surface area (Å²) < 4.78 is 12.2. The molecule has 37 heavy (non-hydrogen) atoms. The van der Waals surface area contributed by atoms with E-state index in [-0.39, 0.29) is 32.7 Å². The Balaban J connectivity index is 1.65. The van der Waals surface area contributed by atoms with Gasteiger partial charge in [-0.1, -0.05) is 46.4 Å². The van der Waals surface area contributed by atoms with Crippen LogP contribution in [-0.4, -0.2) is 18.2 Å². The van der Waals surface area contributed by atoms with Gasteiger partial charge in [-0.25, -0.2) is 9.59 Å². The van der Waals surface area contributed by atoms with Gasteiger partial charge in [-0.15, -0.1) is 0 Å². The average molecular weight is 685 g/mol. The number of benzene rings is 4. The average Bonchev–Trinajstić information content (AvgIpc) is 2.84. The highest BCUT2D eigenvalue weighted by atomic mass is 127. The molecular formula is C27H14Cl4INO4. The molecule has 4 rings (SSSR count). The van der Waals surface area contributed by atoms with Gasteiger partial charge in [0.2, 0.25) is 0 Å². The van der Waals surface area contributed by atoms with E-state index < -0.39 is 11.9 Å². The highest BCUT2D eigenvalue weighted by molar-refractivity contribution is 14.1. The number of carbonyl (C=O) groups is 2. The lowest BCUT2D eigenvalue weighted by Crippen LogP contribution is -2.12. The Morgan fingerprint density at radius 2 is 1.27 bits per heavy atom. The Morgan fingerprint density at radius 1 is 0.703 bits per heavy atom. The summed E-state index contributed by atoms with van der Waals surface area (Å²) in [6.45, 7) is 0. The van der Waals surface area contributed by atoms with Gasteiger partial charge in [-0.3, -0.25) is 4.99 Å². The molecule has 0 heterocycles. The smallest absolute Gasteiger partial charge is 0.345 e. The molecule has 0 unspecified atom stereocenters. The van der Waals surface area contributed by atoms with Crippen LogP contribution in [0, 0.1) is 3.57 Å². The van der Waals surface area contributed by atoms with Crippen LogP contribution in [0.1, 0.15) is 26.3 Å². The van der Waals surface area contributed by atoms with Crippen LogP contribution in [0.15, 0.2) is 83.9 Å². The number of halogens is 5. The first-order chi connectivity index (χ1) is 17.7. The number of carbonyl (C=O) groups excluding carboxylic acids is 2. The summed E-state index contributed by atoms with van der Waals surface area (Å²) in [5, 5.41) is 1.03. The van der Waals surface area contributed by atoms with Gasteiger partial charge in [-0.05, 0) is 95.4 Å². The molecule has 0 radical (unpaired) electrons. The van der Waals surface area contributed by atoms with Crippen LogP contribution in [0.25, 0.3) is 0 Å². The molecule has 186 valence electrons. The molecule has 0 saturated heterocycles. The van der Waals surface area contributed by atoms with E-state index in [1.807, 2.05) is 24.3 Å². The maximum absolute atomic E-state index is 12.9. The highest BCUT2D eigenvalue weighted by Crippen LogP contribution is 2.29. The molecule has 4 aromatic carbocycles. The predicted molar refractivity (Wildman–Crippen MR) is 156 cm³/mol. The molecule has 0 saturated carbocycles. The molecule has 0 fully saturated rings. The maximum atomic E-state index is 12.9. The Morgan fingerprint density at radius 3 is 1.84 bits per heavy atom. The van der Waals surface area contributed by atoms with Crippen LogP contribution >= 0.6 is 69.0 Å². The Hall–Kier alpha value is -2.62. The third-order valence-corrected chi connectivity index (χ3v) is 6.69. The molecule has 4 aromatic rings. The lowest BCUT2D eigenvalue weighted by molar-refractivity contribution is 0.0733. The lowest BCUT2D eigenvalue weighted by Gasteiger charge is -2.12. The molecule has 10 heteroatoms. The van der Waals surface area contributed by atoms with Gasteiger partial charge in [0, 0.05) is 31.5 Å². The minimum Gasteiger partial charge on any atom is -0.423 e. The summed E-state index contributed by atoms with van der Waals surface area (Å²) in [6.07, 6.45) is 1.54. The van der Waals surface area contributed by atoms with Crippen molar-refractivity contribution >= 4 is 92.8 Å². The van der Waals surface area contributed by atoms with Crippen molar-refractivity contribution in [2.45, 2.75) is 0 Å². The number of nitrogens with zero attached hydrogens (tertiary/aromatic N) is 1. The second-order valence-electron chi connectivity index (χ2n) is 7.46.